The first-order valence-corrected chi connectivity index (χ1v) is 6.47. The number of amides is 1. The smallest absolute Gasteiger partial charge is 0.274 e. The van der Waals surface area contributed by atoms with E-state index in [0.717, 1.165) is 19.6 Å². The molecule has 18 heavy (non-hydrogen) atoms. The van der Waals surface area contributed by atoms with Crippen molar-refractivity contribution in [2.75, 3.05) is 25.0 Å². The van der Waals surface area contributed by atoms with Gasteiger partial charge in [0.25, 0.3) is 5.91 Å². The summed E-state index contributed by atoms with van der Waals surface area (Å²) < 4.78 is 0. The molecule has 1 aliphatic rings. The summed E-state index contributed by atoms with van der Waals surface area (Å²) >= 11 is 0. The summed E-state index contributed by atoms with van der Waals surface area (Å²) in [6.45, 7) is 8.78. The molecule has 2 unspecified atom stereocenters. The van der Waals surface area contributed by atoms with Crippen molar-refractivity contribution < 1.29 is 4.79 Å². The zero-order chi connectivity index (χ0) is 13.1. The predicted molar refractivity (Wildman–Crippen MR) is 70.4 cm³/mol. The first-order chi connectivity index (χ1) is 8.61. The summed E-state index contributed by atoms with van der Waals surface area (Å²) in [5, 5.41) is 3.06. The van der Waals surface area contributed by atoms with Crippen LogP contribution in [0.1, 0.15) is 31.3 Å². The Kier molecular flexibility index (Phi) is 3.79. The third-order valence-electron chi connectivity index (χ3n) is 3.50. The maximum absolute atomic E-state index is 12.2. The number of rotatable bonds is 3. The number of carbonyl (C=O) groups is 1. The van der Waals surface area contributed by atoms with E-state index in [0.29, 0.717) is 23.3 Å². The van der Waals surface area contributed by atoms with Gasteiger partial charge in [-0.05, 0) is 18.8 Å². The van der Waals surface area contributed by atoms with Crippen molar-refractivity contribution in [3.05, 3.63) is 18.1 Å². The summed E-state index contributed by atoms with van der Waals surface area (Å²) in [4.78, 5) is 22.4. The second kappa shape index (κ2) is 5.33. The van der Waals surface area contributed by atoms with Crippen molar-refractivity contribution in [2.45, 2.75) is 20.8 Å². The number of hydrogen-bond acceptors (Lipinski definition) is 4. The molecule has 1 saturated heterocycles. The first kappa shape index (κ1) is 12.8. The monoisotopic (exact) mass is 248 g/mol. The molecule has 1 amide bonds. The van der Waals surface area contributed by atoms with E-state index in [1.807, 2.05) is 11.8 Å². The number of carbonyl (C=O) groups excluding carboxylic acids is 1. The van der Waals surface area contributed by atoms with E-state index < -0.39 is 0 Å². The van der Waals surface area contributed by atoms with E-state index in [1.54, 1.807) is 12.4 Å². The molecule has 0 aromatic carbocycles. The summed E-state index contributed by atoms with van der Waals surface area (Å²) in [6.07, 6.45) is 3.16. The fraction of sp³-hybridized carbons (Fsp3) is 0.615. The van der Waals surface area contributed by atoms with Crippen LogP contribution in [0.3, 0.4) is 0 Å². The van der Waals surface area contributed by atoms with Crippen LogP contribution in [0.15, 0.2) is 12.4 Å². The second-order valence-corrected chi connectivity index (χ2v) is 4.98. The normalized spacial score (nSPS) is 23.2. The first-order valence-electron chi connectivity index (χ1n) is 6.47. The van der Waals surface area contributed by atoms with E-state index in [4.69, 9.17) is 0 Å². The highest BCUT2D eigenvalue weighted by molar-refractivity contribution is 5.92. The number of hydrogen-bond donors (Lipinski definition) is 1. The average Bonchev–Trinajstić information content (AvgIpc) is 2.70. The molecule has 2 rings (SSSR count). The maximum Gasteiger partial charge on any atom is 0.274 e. The Labute approximate surface area is 108 Å². The molecule has 1 aromatic rings. The lowest BCUT2D eigenvalue weighted by Crippen LogP contribution is -2.29. The number of nitrogens with one attached hydrogen (secondary N) is 1. The minimum atomic E-state index is -0.0123. The summed E-state index contributed by atoms with van der Waals surface area (Å²) in [7, 11) is 0. The molecule has 0 bridgehead atoms. The number of anilines is 1. The molecular weight excluding hydrogens is 228 g/mol. The Morgan fingerprint density at radius 3 is 2.50 bits per heavy atom. The Morgan fingerprint density at radius 2 is 2.00 bits per heavy atom. The van der Waals surface area contributed by atoms with Gasteiger partial charge in [0.05, 0.1) is 12.4 Å². The molecule has 1 aliphatic heterocycles. The molecule has 0 aliphatic carbocycles. The van der Waals surface area contributed by atoms with Crippen LogP contribution in [0.5, 0.6) is 0 Å². The van der Waals surface area contributed by atoms with Gasteiger partial charge in [-0.25, -0.2) is 9.97 Å². The maximum atomic E-state index is 12.2. The lowest BCUT2D eigenvalue weighted by molar-refractivity contribution is 0.0779. The van der Waals surface area contributed by atoms with Crippen LogP contribution in [0.2, 0.25) is 0 Å². The molecule has 2 heterocycles. The molecule has 1 N–H and O–H groups in total. The predicted octanol–water partition coefficient (Wildman–Crippen LogP) is 1.64. The quantitative estimate of drug-likeness (QED) is 0.883. The van der Waals surface area contributed by atoms with Crippen LogP contribution in [0.4, 0.5) is 5.82 Å². The van der Waals surface area contributed by atoms with Gasteiger partial charge in [-0.1, -0.05) is 13.8 Å². The van der Waals surface area contributed by atoms with Crippen LogP contribution >= 0.6 is 0 Å². The van der Waals surface area contributed by atoms with Crippen molar-refractivity contribution in [3.8, 4) is 0 Å². The van der Waals surface area contributed by atoms with Gasteiger partial charge in [-0.15, -0.1) is 0 Å². The zero-order valence-corrected chi connectivity index (χ0v) is 11.2. The summed E-state index contributed by atoms with van der Waals surface area (Å²) in [6, 6.07) is 0. The Balaban J connectivity index is 2.05. The van der Waals surface area contributed by atoms with Crippen molar-refractivity contribution in [1.29, 1.82) is 0 Å². The SMILES string of the molecule is CCNc1cnc(C(=O)N2CC(C)C(C)C2)cn1. The molecule has 5 nitrogen and oxygen atoms in total. The molecule has 0 spiro atoms. The van der Waals surface area contributed by atoms with Crippen LogP contribution < -0.4 is 5.32 Å². The minimum absolute atomic E-state index is 0.0123. The van der Waals surface area contributed by atoms with Gasteiger partial charge in [0.1, 0.15) is 11.5 Å². The highest BCUT2D eigenvalue weighted by atomic mass is 16.2. The van der Waals surface area contributed by atoms with Gasteiger partial charge in [0, 0.05) is 19.6 Å². The number of aromatic nitrogens is 2. The largest absolute Gasteiger partial charge is 0.369 e. The van der Waals surface area contributed by atoms with Gasteiger partial charge in [-0.2, -0.15) is 0 Å². The van der Waals surface area contributed by atoms with Crippen LogP contribution in [-0.2, 0) is 0 Å². The highest BCUT2D eigenvalue weighted by Crippen LogP contribution is 2.23. The molecule has 98 valence electrons. The van der Waals surface area contributed by atoms with Gasteiger partial charge >= 0.3 is 0 Å². The van der Waals surface area contributed by atoms with Gasteiger partial charge in [0.2, 0.25) is 0 Å². The average molecular weight is 248 g/mol. The van der Waals surface area contributed by atoms with Crippen LogP contribution in [0, 0.1) is 11.8 Å². The number of likely N-dealkylation sites (tertiary alicyclic amines) is 1. The van der Waals surface area contributed by atoms with Crippen molar-refractivity contribution in [1.82, 2.24) is 14.9 Å². The lowest BCUT2D eigenvalue weighted by Gasteiger charge is -2.15. The highest BCUT2D eigenvalue weighted by Gasteiger charge is 2.30. The lowest BCUT2D eigenvalue weighted by atomic mass is 10.0. The fourth-order valence-corrected chi connectivity index (χ4v) is 2.17. The van der Waals surface area contributed by atoms with Gasteiger partial charge in [0.15, 0.2) is 0 Å². The Bertz CT molecular complexity index is 408. The van der Waals surface area contributed by atoms with E-state index in [1.165, 1.54) is 0 Å². The molecule has 1 aromatic heterocycles. The summed E-state index contributed by atoms with van der Waals surface area (Å²) in [5.41, 5.74) is 0.429. The molecule has 5 heteroatoms. The van der Waals surface area contributed by atoms with E-state index >= 15 is 0 Å². The molecule has 0 radical (unpaired) electrons. The molecule has 1 fully saturated rings. The van der Waals surface area contributed by atoms with E-state index in [9.17, 15) is 4.79 Å². The van der Waals surface area contributed by atoms with E-state index in [2.05, 4.69) is 29.1 Å². The van der Waals surface area contributed by atoms with E-state index in [-0.39, 0.29) is 5.91 Å². The third-order valence-corrected chi connectivity index (χ3v) is 3.50. The third kappa shape index (κ3) is 2.60. The Hall–Kier alpha value is -1.65. The van der Waals surface area contributed by atoms with Crippen LogP contribution in [-0.4, -0.2) is 40.4 Å². The van der Waals surface area contributed by atoms with Crippen molar-refractivity contribution >= 4 is 11.7 Å². The van der Waals surface area contributed by atoms with Crippen LogP contribution in [0.25, 0.3) is 0 Å². The topological polar surface area (TPSA) is 58.1 Å². The number of nitrogens with zero attached hydrogens (tertiary/aromatic N) is 3. The zero-order valence-electron chi connectivity index (χ0n) is 11.2. The summed E-state index contributed by atoms with van der Waals surface area (Å²) in [5.74, 6) is 1.81. The minimum Gasteiger partial charge on any atom is -0.369 e. The van der Waals surface area contributed by atoms with Crippen molar-refractivity contribution in [3.63, 3.8) is 0 Å². The van der Waals surface area contributed by atoms with Gasteiger partial charge in [-0.3, -0.25) is 4.79 Å². The second-order valence-electron chi connectivity index (χ2n) is 4.98. The van der Waals surface area contributed by atoms with Crippen molar-refractivity contribution in [2.24, 2.45) is 11.8 Å². The molecule has 2 atom stereocenters. The Morgan fingerprint density at radius 1 is 1.33 bits per heavy atom. The molecule has 0 saturated carbocycles. The fourth-order valence-electron chi connectivity index (χ4n) is 2.17. The standard InChI is InChI=1S/C13H20N4O/c1-4-14-12-6-15-11(5-16-12)13(18)17-7-9(2)10(3)8-17/h5-6,9-10H,4,7-8H2,1-3H3,(H,14,16). The molecular formula is C13H20N4O. The van der Waals surface area contributed by atoms with Gasteiger partial charge < -0.3 is 10.2 Å².